The highest BCUT2D eigenvalue weighted by Crippen LogP contribution is 2.26. The molecule has 0 unspecified atom stereocenters. The predicted molar refractivity (Wildman–Crippen MR) is 122 cm³/mol. The van der Waals surface area contributed by atoms with E-state index in [-0.39, 0.29) is 22.4 Å². The molecule has 0 fully saturated rings. The highest BCUT2D eigenvalue weighted by molar-refractivity contribution is 9.10. The topological polar surface area (TPSA) is 119 Å². The number of aromatic nitrogens is 2. The zero-order chi connectivity index (χ0) is 23.0. The molecule has 5 rings (SSSR count). The molecule has 11 heteroatoms. The van der Waals surface area contributed by atoms with E-state index in [0.717, 1.165) is 5.56 Å². The molecule has 0 radical (unpaired) electrons. The van der Waals surface area contributed by atoms with Gasteiger partial charge in [-0.2, -0.15) is 4.31 Å². The van der Waals surface area contributed by atoms with E-state index < -0.39 is 15.9 Å². The number of halogens is 1. The van der Waals surface area contributed by atoms with Crippen molar-refractivity contribution in [2.24, 2.45) is 0 Å². The number of nitrogens with zero attached hydrogens (tertiary/aromatic N) is 3. The number of benzene rings is 2. The van der Waals surface area contributed by atoms with Gasteiger partial charge in [-0.05, 0) is 69.9 Å². The van der Waals surface area contributed by atoms with Crippen LogP contribution in [0.2, 0.25) is 0 Å². The van der Waals surface area contributed by atoms with Crippen molar-refractivity contribution in [1.29, 1.82) is 0 Å². The van der Waals surface area contributed by atoms with E-state index in [0.29, 0.717) is 29.9 Å². The van der Waals surface area contributed by atoms with Crippen LogP contribution in [-0.2, 0) is 23.0 Å². The first-order valence-electron chi connectivity index (χ1n) is 9.98. The van der Waals surface area contributed by atoms with Gasteiger partial charge in [0.15, 0.2) is 10.4 Å². The number of fused-ring (bicyclic) bond motifs is 1. The molecule has 0 spiro atoms. The van der Waals surface area contributed by atoms with Gasteiger partial charge in [0.05, 0.1) is 4.90 Å². The molecule has 168 valence electrons. The summed E-state index contributed by atoms with van der Waals surface area (Å²) in [5.74, 6) is -0.0491. The van der Waals surface area contributed by atoms with Crippen LogP contribution in [0.5, 0.6) is 0 Å². The zero-order valence-corrected chi connectivity index (χ0v) is 19.5. The number of hydrogen-bond acceptors (Lipinski definition) is 7. The van der Waals surface area contributed by atoms with Crippen molar-refractivity contribution >= 4 is 37.9 Å². The Hall–Kier alpha value is -3.28. The van der Waals surface area contributed by atoms with Gasteiger partial charge in [0.1, 0.15) is 0 Å². The molecular weight excluding hydrogens is 512 g/mol. The molecule has 1 N–H and O–H groups in total. The largest absolute Gasteiger partial charge is 0.444 e. The number of carbonyl (C=O) groups is 1. The molecule has 3 heterocycles. The normalized spacial score (nSPS) is 14.1. The van der Waals surface area contributed by atoms with Crippen LogP contribution >= 0.6 is 15.9 Å². The number of hydrogen-bond donors (Lipinski definition) is 1. The van der Waals surface area contributed by atoms with E-state index in [1.165, 1.54) is 34.1 Å². The van der Waals surface area contributed by atoms with Gasteiger partial charge in [0.25, 0.3) is 11.8 Å². The molecule has 2 aromatic heterocycles. The van der Waals surface area contributed by atoms with Crippen molar-refractivity contribution in [3.8, 4) is 11.7 Å². The number of carbonyl (C=O) groups excluding carboxylic acids is 1. The summed E-state index contributed by atoms with van der Waals surface area (Å²) < 4.78 is 38.9. The summed E-state index contributed by atoms with van der Waals surface area (Å²) in [5, 5.41) is 10.1. The third-order valence-electron chi connectivity index (χ3n) is 5.28. The maximum atomic E-state index is 13.1. The van der Waals surface area contributed by atoms with Gasteiger partial charge in [-0.15, -0.1) is 5.10 Å². The van der Waals surface area contributed by atoms with Crippen molar-refractivity contribution in [3.63, 3.8) is 0 Å². The number of nitrogens with one attached hydrogen (secondary N) is 1. The summed E-state index contributed by atoms with van der Waals surface area (Å²) in [5.41, 5.74) is 2.42. The minimum Gasteiger partial charge on any atom is -0.444 e. The summed E-state index contributed by atoms with van der Waals surface area (Å²) in [4.78, 5) is 12.7. The van der Waals surface area contributed by atoms with Gasteiger partial charge in [0.2, 0.25) is 10.0 Å². The second-order valence-corrected chi connectivity index (χ2v) is 10.1. The third kappa shape index (κ3) is 4.34. The average molecular weight is 529 g/mol. The van der Waals surface area contributed by atoms with E-state index in [4.69, 9.17) is 8.83 Å². The molecule has 1 aliphatic heterocycles. The molecule has 0 atom stereocenters. The molecule has 0 aliphatic carbocycles. The standard InChI is InChI=1S/C22H17BrN4O5S/c23-19-10-9-18(31-19)21-25-26-22(32-21)24-20(28)15-5-7-17(8-6-15)33(29,30)27-12-11-14-3-1-2-4-16(14)13-27/h1-10H,11-13H2,(H,24,26,28). The maximum Gasteiger partial charge on any atom is 0.322 e. The Kier molecular flexibility index (Phi) is 5.60. The number of sulfonamides is 1. The number of anilines is 1. The summed E-state index contributed by atoms with van der Waals surface area (Å²) in [7, 11) is -3.68. The Bertz CT molecular complexity index is 1430. The van der Waals surface area contributed by atoms with Crippen molar-refractivity contribution < 1.29 is 22.0 Å². The molecule has 0 saturated heterocycles. The fourth-order valence-electron chi connectivity index (χ4n) is 3.57. The summed E-state index contributed by atoms with van der Waals surface area (Å²) >= 11 is 3.19. The first-order valence-corrected chi connectivity index (χ1v) is 12.2. The van der Waals surface area contributed by atoms with Crippen LogP contribution < -0.4 is 5.32 Å². The van der Waals surface area contributed by atoms with E-state index >= 15 is 0 Å². The first kappa shape index (κ1) is 21.6. The van der Waals surface area contributed by atoms with E-state index in [1.807, 2.05) is 24.3 Å². The van der Waals surface area contributed by atoms with E-state index in [9.17, 15) is 13.2 Å². The number of rotatable bonds is 5. The fourth-order valence-corrected chi connectivity index (χ4v) is 5.30. The van der Waals surface area contributed by atoms with Crippen LogP contribution in [0.25, 0.3) is 11.7 Å². The average Bonchev–Trinajstić information content (AvgIpc) is 3.47. The summed E-state index contributed by atoms with van der Waals surface area (Å²) in [6, 6.07) is 16.8. The third-order valence-corrected chi connectivity index (χ3v) is 7.56. The van der Waals surface area contributed by atoms with Gasteiger partial charge < -0.3 is 8.83 Å². The molecule has 0 saturated carbocycles. The minimum absolute atomic E-state index is 0.105. The quantitative estimate of drug-likeness (QED) is 0.414. The smallest absolute Gasteiger partial charge is 0.322 e. The Morgan fingerprint density at radius 2 is 1.73 bits per heavy atom. The maximum absolute atomic E-state index is 13.1. The molecule has 33 heavy (non-hydrogen) atoms. The van der Waals surface area contributed by atoms with E-state index in [2.05, 4.69) is 31.4 Å². The molecule has 9 nitrogen and oxygen atoms in total. The predicted octanol–water partition coefficient (Wildman–Crippen LogP) is 4.09. The van der Waals surface area contributed by atoms with Crippen LogP contribution in [-0.4, -0.2) is 35.4 Å². The number of amides is 1. The Balaban J connectivity index is 1.28. The van der Waals surface area contributed by atoms with Crippen molar-refractivity contribution in [2.45, 2.75) is 17.9 Å². The van der Waals surface area contributed by atoms with Crippen LogP contribution in [0.15, 0.2) is 79.1 Å². The SMILES string of the molecule is O=C(Nc1nnc(-c2ccc(Br)o2)o1)c1ccc(S(=O)(=O)N2CCc3ccccc3C2)cc1. The zero-order valence-electron chi connectivity index (χ0n) is 17.1. The van der Waals surface area contributed by atoms with Crippen molar-refractivity contribution in [1.82, 2.24) is 14.5 Å². The monoisotopic (exact) mass is 528 g/mol. The first-order chi connectivity index (χ1) is 15.9. The molecular formula is C22H17BrN4O5S. The lowest BCUT2D eigenvalue weighted by atomic mass is 10.0. The molecule has 0 bridgehead atoms. The lowest BCUT2D eigenvalue weighted by Gasteiger charge is -2.28. The lowest BCUT2D eigenvalue weighted by Crippen LogP contribution is -2.35. The van der Waals surface area contributed by atoms with Crippen LogP contribution in [0.3, 0.4) is 0 Å². The molecule has 2 aromatic carbocycles. The lowest BCUT2D eigenvalue weighted by molar-refractivity contribution is 0.102. The fraction of sp³-hybridized carbons (Fsp3) is 0.136. The second-order valence-electron chi connectivity index (χ2n) is 7.35. The Morgan fingerprint density at radius 3 is 2.45 bits per heavy atom. The van der Waals surface area contributed by atoms with Crippen LogP contribution in [0.1, 0.15) is 21.5 Å². The molecule has 4 aromatic rings. The molecule has 1 aliphatic rings. The summed E-state index contributed by atoms with van der Waals surface area (Å²) in [6.07, 6.45) is 0.664. The highest BCUT2D eigenvalue weighted by atomic mass is 79.9. The van der Waals surface area contributed by atoms with Crippen LogP contribution in [0.4, 0.5) is 6.01 Å². The van der Waals surface area contributed by atoms with E-state index in [1.54, 1.807) is 12.1 Å². The Morgan fingerprint density at radius 1 is 0.970 bits per heavy atom. The molecule has 1 amide bonds. The number of furan rings is 1. The van der Waals surface area contributed by atoms with Gasteiger partial charge in [-0.25, -0.2) is 8.42 Å². The highest BCUT2D eigenvalue weighted by Gasteiger charge is 2.28. The van der Waals surface area contributed by atoms with Gasteiger partial charge in [-0.1, -0.05) is 29.4 Å². The summed E-state index contributed by atoms with van der Waals surface area (Å²) in [6.45, 7) is 0.736. The van der Waals surface area contributed by atoms with Crippen molar-refractivity contribution in [2.75, 3.05) is 11.9 Å². The van der Waals surface area contributed by atoms with Crippen LogP contribution in [0, 0.1) is 0 Å². The van der Waals surface area contributed by atoms with Crippen molar-refractivity contribution in [3.05, 3.63) is 82.0 Å². The second kappa shape index (κ2) is 8.58. The van der Waals surface area contributed by atoms with Gasteiger partial charge >= 0.3 is 6.01 Å². The van der Waals surface area contributed by atoms with Gasteiger partial charge in [-0.3, -0.25) is 10.1 Å². The Labute approximate surface area is 197 Å². The van der Waals surface area contributed by atoms with Gasteiger partial charge in [0, 0.05) is 18.7 Å². The minimum atomic E-state index is -3.68.